The van der Waals surface area contributed by atoms with Gasteiger partial charge in [-0.2, -0.15) is 0 Å². The van der Waals surface area contributed by atoms with Gasteiger partial charge in [0.15, 0.2) is 0 Å². The van der Waals surface area contributed by atoms with E-state index in [4.69, 9.17) is 10.5 Å². The van der Waals surface area contributed by atoms with Gasteiger partial charge < -0.3 is 15.0 Å². The lowest BCUT2D eigenvalue weighted by atomic mass is 10.2. The molecule has 0 saturated heterocycles. The highest BCUT2D eigenvalue weighted by molar-refractivity contribution is 5.31. The Morgan fingerprint density at radius 3 is 3.00 bits per heavy atom. The van der Waals surface area contributed by atoms with E-state index in [1.807, 2.05) is 0 Å². The summed E-state index contributed by atoms with van der Waals surface area (Å²) < 4.78 is 7.41. The molecule has 2 heterocycles. The number of hydrogen-bond acceptors (Lipinski definition) is 3. The van der Waals surface area contributed by atoms with Crippen LogP contribution in [0.25, 0.3) is 0 Å². The molecule has 0 spiro atoms. The molecule has 2 N–H and O–H groups in total. The molecule has 1 aliphatic heterocycles. The summed E-state index contributed by atoms with van der Waals surface area (Å²) in [6, 6.07) is 0.384. The van der Waals surface area contributed by atoms with Gasteiger partial charge in [-0.3, -0.25) is 0 Å². The van der Waals surface area contributed by atoms with Crippen LogP contribution in [0, 0.1) is 0 Å². The van der Waals surface area contributed by atoms with Crippen molar-refractivity contribution >= 4 is 5.95 Å². The van der Waals surface area contributed by atoms with E-state index >= 15 is 0 Å². The minimum absolute atomic E-state index is 0.384. The number of nitrogens with two attached hydrogens (primary N) is 1. The third kappa shape index (κ3) is 1.31. The maximum Gasteiger partial charge on any atom is 0.200 e. The fourth-order valence-electron chi connectivity index (χ4n) is 1.83. The Kier molecular flexibility index (Phi) is 2.00. The van der Waals surface area contributed by atoms with Gasteiger partial charge in [-0.05, 0) is 13.8 Å². The number of imidazole rings is 1. The minimum atomic E-state index is 0.384. The van der Waals surface area contributed by atoms with Crippen LogP contribution >= 0.6 is 0 Å². The molecule has 0 radical (unpaired) electrons. The number of rotatable bonds is 1. The molecule has 1 aromatic heterocycles. The second-order valence-corrected chi connectivity index (χ2v) is 3.63. The van der Waals surface area contributed by atoms with Crippen LogP contribution in [0.2, 0.25) is 0 Å². The van der Waals surface area contributed by atoms with Crippen LogP contribution in [0.3, 0.4) is 0 Å². The van der Waals surface area contributed by atoms with E-state index in [-0.39, 0.29) is 0 Å². The molecule has 1 aromatic rings. The summed E-state index contributed by atoms with van der Waals surface area (Å²) in [4.78, 5) is 4.29. The lowest BCUT2D eigenvalue weighted by Gasteiger charge is -2.17. The molecule has 0 aliphatic carbocycles. The van der Waals surface area contributed by atoms with Gasteiger partial charge in [0.2, 0.25) is 5.95 Å². The first-order valence-electron chi connectivity index (χ1n) is 4.63. The van der Waals surface area contributed by atoms with Crippen LogP contribution in [0.4, 0.5) is 5.95 Å². The van der Waals surface area contributed by atoms with Crippen molar-refractivity contribution in [1.29, 1.82) is 0 Å². The minimum Gasteiger partial charge on any atom is -0.375 e. The molecular formula is C9H15N3O. The van der Waals surface area contributed by atoms with Crippen molar-refractivity contribution in [2.75, 3.05) is 12.3 Å². The van der Waals surface area contributed by atoms with Crippen molar-refractivity contribution in [2.24, 2.45) is 0 Å². The summed E-state index contributed by atoms with van der Waals surface area (Å²) in [7, 11) is 0. The first-order valence-corrected chi connectivity index (χ1v) is 4.63. The summed E-state index contributed by atoms with van der Waals surface area (Å²) >= 11 is 0. The fourth-order valence-corrected chi connectivity index (χ4v) is 1.83. The summed E-state index contributed by atoms with van der Waals surface area (Å²) in [6.07, 6.45) is 0.928. The first-order chi connectivity index (χ1) is 6.20. The average Bonchev–Trinajstić information content (AvgIpc) is 2.39. The molecular weight excluding hydrogens is 166 g/mol. The number of nitrogens with zero attached hydrogens (tertiary/aromatic N) is 2. The molecule has 0 aromatic carbocycles. The van der Waals surface area contributed by atoms with Crippen LogP contribution in [-0.4, -0.2) is 16.2 Å². The van der Waals surface area contributed by atoms with E-state index in [9.17, 15) is 0 Å². The van der Waals surface area contributed by atoms with Crippen molar-refractivity contribution < 1.29 is 4.74 Å². The van der Waals surface area contributed by atoms with Crippen LogP contribution < -0.4 is 5.73 Å². The number of hydrogen-bond donors (Lipinski definition) is 1. The second kappa shape index (κ2) is 3.03. The Balaban J connectivity index is 2.48. The van der Waals surface area contributed by atoms with E-state index < -0.39 is 0 Å². The van der Waals surface area contributed by atoms with Crippen LogP contribution in [-0.2, 0) is 17.8 Å². The van der Waals surface area contributed by atoms with Crippen molar-refractivity contribution in [1.82, 2.24) is 9.55 Å². The van der Waals surface area contributed by atoms with E-state index in [0.29, 0.717) is 18.6 Å². The molecule has 4 heteroatoms. The molecule has 0 saturated carbocycles. The van der Waals surface area contributed by atoms with Crippen molar-refractivity contribution in [2.45, 2.75) is 32.9 Å². The number of anilines is 1. The lowest BCUT2D eigenvalue weighted by Crippen LogP contribution is -2.15. The molecule has 2 rings (SSSR count). The molecule has 13 heavy (non-hydrogen) atoms. The Morgan fingerprint density at radius 2 is 2.31 bits per heavy atom. The van der Waals surface area contributed by atoms with Gasteiger partial charge >= 0.3 is 0 Å². The Morgan fingerprint density at radius 1 is 1.54 bits per heavy atom. The maximum absolute atomic E-state index is 5.82. The van der Waals surface area contributed by atoms with Gasteiger partial charge in [0.25, 0.3) is 0 Å². The molecule has 1 aliphatic rings. The molecule has 72 valence electrons. The quantitative estimate of drug-likeness (QED) is 0.706. The number of aromatic nitrogens is 2. The van der Waals surface area contributed by atoms with Crippen molar-refractivity contribution in [3.63, 3.8) is 0 Å². The molecule has 0 atom stereocenters. The lowest BCUT2D eigenvalue weighted by molar-refractivity contribution is 0.106. The summed E-state index contributed by atoms with van der Waals surface area (Å²) in [5.74, 6) is 0.616. The summed E-state index contributed by atoms with van der Waals surface area (Å²) in [6.45, 7) is 5.63. The fraction of sp³-hybridized carbons (Fsp3) is 0.667. The van der Waals surface area contributed by atoms with Gasteiger partial charge in [-0.25, -0.2) is 4.98 Å². The summed E-state index contributed by atoms with van der Waals surface area (Å²) in [5, 5.41) is 0. The number of fused-ring (bicyclic) bond motifs is 1. The monoisotopic (exact) mass is 181 g/mol. The Hall–Kier alpha value is -1.03. The standard InChI is InChI=1S/C9H15N3O/c1-6(2)12-8-3-4-13-5-7(8)11-9(12)10/h6H,3-5H2,1-2H3,(H2,10,11). The van der Waals surface area contributed by atoms with E-state index in [2.05, 4.69) is 23.4 Å². The van der Waals surface area contributed by atoms with Gasteiger partial charge in [-0.15, -0.1) is 0 Å². The maximum atomic E-state index is 5.82. The van der Waals surface area contributed by atoms with Gasteiger partial charge in [0, 0.05) is 18.2 Å². The molecule has 0 bridgehead atoms. The topological polar surface area (TPSA) is 53.1 Å². The third-order valence-electron chi connectivity index (χ3n) is 2.36. The predicted octanol–water partition coefficient (Wildman–Crippen LogP) is 1.12. The number of nitrogen functional groups attached to an aromatic ring is 1. The SMILES string of the molecule is CC(C)n1c(N)nc2c1CCOC2. The average molecular weight is 181 g/mol. The number of ether oxygens (including phenoxy) is 1. The largest absolute Gasteiger partial charge is 0.375 e. The van der Waals surface area contributed by atoms with Gasteiger partial charge in [0.1, 0.15) is 0 Å². The van der Waals surface area contributed by atoms with Gasteiger partial charge in [-0.1, -0.05) is 0 Å². The van der Waals surface area contributed by atoms with Crippen LogP contribution in [0.1, 0.15) is 31.3 Å². The van der Waals surface area contributed by atoms with Crippen molar-refractivity contribution in [3.8, 4) is 0 Å². The van der Waals surface area contributed by atoms with Gasteiger partial charge in [0.05, 0.1) is 18.9 Å². The normalized spacial score (nSPS) is 16.2. The molecule has 4 nitrogen and oxygen atoms in total. The highest BCUT2D eigenvalue weighted by Crippen LogP contribution is 2.23. The zero-order valence-corrected chi connectivity index (χ0v) is 8.08. The predicted molar refractivity (Wildman–Crippen MR) is 50.4 cm³/mol. The van der Waals surface area contributed by atoms with E-state index in [1.165, 1.54) is 5.69 Å². The zero-order chi connectivity index (χ0) is 9.42. The second-order valence-electron chi connectivity index (χ2n) is 3.63. The first kappa shape index (κ1) is 8.56. The molecule has 0 unspecified atom stereocenters. The van der Waals surface area contributed by atoms with Crippen LogP contribution in [0.5, 0.6) is 0 Å². The van der Waals surface area contributed by atoms with E-state index in [0.717, 1.165) is 18.7 Å². The smallest absolute Gasteiger partial charge is 0.200 e. The van der Waals surface area contributed by atoms with E-state index in [1.54, 1.807) is 0 Å². The third-order valence-corrected chi connectivity index (χ3v) is 2.36. The molecule has 0 amide bonds. The Bertz CT molecular complexity index is 317. The summed E-state index contributed by atoms with van der Waals surface area (Å²) in [5.41, 5.74) is 8.08. The van der Waals surface area contributed by atoms with Crippen LogP contribution in [0.15, 0.2) is 0 Å². The Labute approximate surface area is 77.7 Å². The highest BCUT2D eigenvalue weighted by atomic mass is 16.5. The van der Waals surface area contributed by atoms with Crippen molar-refractivity contribution in [3.05, 3.63) is 11.4 Å². The highest BCUT2D eigenvalue weighted by Gasteiger charge is 2.19. The zero-order valence-electron chi connectivity index (χ0n) is 8.08. The molecule has 0 fully saturated rings.